The Kier molecular flexibility index (Phi) is 8.21. The van der Waals surface area contributed by atoms with Gasteiger partial charge in [0, 0.05) is 23.6 Å². The van der Waals surface area contributed by atoms with E-state index in [2.05, 4.69) is 16.0 Å². The molecule has 10 heteroatoms. The number of ketones is 1. The lowest BCUT2D eigenvalue weighted by molar-refractivity contribution is -0.141. The second kappa shape index (κ2) is 11.8. The SMILES string of the molecule is NC(=O)C(=O)[C@H](C[C@H]1CCNC1=O)NC(=O)[C@@H](CC1CCCCC1)NC(=O)C1(O)c2ccccc2-c2ccccc21. The van der Waals surface area contributed by atoms with Gasteiger partial charge in [-0.3, -0.25) is 24.0 Å². The normalized spacial score (nSPS) is 20.7. The van der Waals surface area contributed by atoms with Gasteiger partial charge in [0.05, 0.1) is 6.04 Å². The summed E-state index contributed by atoms with van der Waals surface area (Å²) in [4.78, 5) is 64.4. The van der Waals surface area contributed by atoms with Crippen molar-refractivity contribution in [1.29, 1.82) is 0 Å². The van der Waals surface area contributed by atoms with Gasteiger partial charge in [-0.25, -0.2) is 0 Å². The maximum Gasteiger partial charge on any atom is 0.287 e. The van der Waals surface area contributed by atoms with Crippen LogP contribution in [0.1, 0.15) is 62.5 Å². The quantitative estimate of drug-likeness (QED) is 0.276. The number of rotatable bonds is 10. The first-order valence-electron chi connectivity index (χ1n) is 14.3. The molecule has 0 aromatic heterocycles. The number of aliphatic hydroxyl groups is 1. The number of fused-ring (bicyclic) bond motifs is 3. The van der Waals surface area contributed by atoms with Gasteiger partial charge in [-0.05, 0) is 36.3 Å². The molecular formula is C31H36N4O6. The highest BCUT2D eigenvalue weighted by Gasteiger charge is 2.49. The summed E-state index contributed by atoms with van der Waals surface area (Å²) in [7, 11) is 0. The Morgan fingerprint density at radius 3 is 2.05 bits per heavy atom. The van der Waals surface area contributed by atoms with Crippen LogP contribution in [0.3, 0.4) is 0 Å². The molecule has 4 amide bonds. The Balaban J connectivity index is 1.42. The van der Waals surface area contributed by atoms with Gasteiger partial charge in [0.1, 0.15) is 6.04 Å². The van der Waals surface area contributed by atoms with Crippen molar-refractivity contribution in [3.05, 3.63) is 59.7 Å². The second-order valence-electron chi connectivity index (χ2n) is 11.4. The number of Topliss-reactive ketones (excluding diaryl/α,β-unsaturated/α-hetero) is 1. The number of carbonyl (C=O) groups is 5. The molecule has 0 spiro atoms. The van der Waals surface area contributed by atoms with E-state index >= 15 is 0 Å². The largest absolute Gasteiger partial charge is 0.372 e. The predicted octanol–water partition coefficient (Wildman–Crippen LogP) is 1.42. The van der Waals surface area contributed by atoms with Crippen LogP contribution < -0.4 is 21.7 Å². The Bertz CT molecular complexity index is 1320. The van der Waals surface area contributed by atoms with Crippen molar-refractivity contribution < 1.29 is 29.1 Å². The van der Waals surface area contributed by atoms with Crippen LogP contribution in [0.2, 0.25) is 0 Å². The van der Waals surface area contributed by atoms with Crippen molar-refractivity contribution >= 4 is 29.4 Å². The molecule has 0 bridgehead atoms. The Morgan fingerprint density at radius 2 is 1.49 bits per heavy atom. The van der Waals surface area contributed by atoms with E-state index < -0.39 is 47.1 Å². The van der Waals surface area contributed by atoms with Crippen LogP contribution in [0, 0.1) is 11.8 Å². The summed E-state index contributed by atoms with van der Waals surface area (Å²) in [6.45, 7) is 0.441. The minimum atomic E-state index is -2.03. The summed E-state index contributed by atoms with van der Waals surface area (Å²) < 4.78 is 0. The van der Waals surface area contributed by atoms with Gasteiger partial charge < -0.3 is 26.8 Å². The minimum absolute atomic E-state index is 0.0753. The van der Waals surface area contributed by atoms with E-state index in [1.165, 1.54) is 0 Å². The lowest BCUT2D eigenvalue weighted by Gasteiger charge is -2.31. The first-order chi connectivity index (χ1) is 19.7. The average molecular weight is 561 g/mol. The highest BCUT2D eigenvalue weighted by Crippen LogP contribution is 2.47. The van der Waals surface area contributed by atoms with Crippen LogP contribution >= 0.6 is 0 Å². The zero-order valence-electron chi connectivity index (χ0n) is 22.9. The fourth-order valence-corrected chi connectivity index (χ4v) is 6.54. The van der Waals surface area contributed by atoms with E-state index in [9.17, 15) is 29.1 Å². The molecule has 3 aliphatic rings. The van der Waals surface area contributed by atoms with E-state index in [-0.39, 0.29) is 18.2 Å². The molecule has 1 saturated carbocycles. The molecule has 1 heterocycles. The molecule has 5 rings (SSSR count). The summed E-state index contributed by atoms with van der Waals surface area (Å²) in [6.07, 6.45) is 5.60. The van der Waals surface area contributed by atoms with Crippen molar-refractivity contribution in [3.63, 3.8) is 0 Å². The Labute approximate surface area is 238 Å². The van der Waals surface area contributed by atoms with Gasteiger partial charge in [-0.1, -0.05) is 80.6 Å². The maximum atomic E-state index is 14.0. The van der Waals surface area contributed by atoms with Gasteiger partial charge in [0.25, 0.3) is 11.8 Å². The summed E-state index contributed by atoms with van der Waals surface area (Å²) in [5.41, 5.74) is 5.56. The summed E-state index contributed by atoms with van der Waals surface area (Å²) in [5.74, 6) is -4.28. The first-order valence-corrected chi connectivity index (χ1v) is 14.3. The fourth-order valence-electron chi connectivity index (χ4n) is 6.54. The van der Waals surface area contributed by atoms with Crippen LogP contribution in [0.4, 0.5) is 0 Å². The third-order valence-corrected chi connectivity index (χ3v) is 8.73. The van der Waals surface area contributed by atoms with Gasteiger partial charge in [0.2, 0.25) is 17.6 Å². The molecule has 1 saturated heterocycles. The lowest BCUT2D eigenvalue weighted by atomic mass is 9.84. The zero-order chi connectivity index (χ0) is 29.1. The number of hydrogen-bond donors (Lipinski definition) is 5. The third kappa shape index (κ3) is 5.61. The summed E-state index contributed by atoms with van der Waals surface area (Å²) in [5, 5.41) is 20.1. The summed E-state index contributed by atoms with van der Waals surface area (Å²) in [6, 6.07) is 11.8. The third-order valence-electron chi connectivity index (χ3n) is 8.73. The van der Waals surface area contributed by atoms with Crippen LogP contribution in [0.5, 0.6) is 0 Å². The minimum Gasteiger partial charge on any atom is -0.372 e. The highest BCUT2D eigenvalue weighted by molar-refractivity contribution is 6.38. The molecule has 41 heavy (non-hydrogen) atoms. The molecule has 2 aromatic carbocycles. The van der Waals surface area contributed by atoms with Crippen LogP contribution in [-0.2, 0) is 29.6 Å². The van der Waals surface area contributed by atoms with Crippen LogP contribution in [0.25, 0.3) is 11.1 Å². The number of hydrogen-bond acceptors (Lipinski definition) is 6. The van der Waals surface area contributed by atoms with Crippen molar-refractivity contribution in [2.24, 2.45) is 17.6 Å². The molecule has 2 fully saturated rings. The van der Waals surface area contributed by atoms with E-state index in [4.69, 9.17) is 5.73 Å². The monoisotopic (exact) mass is 560 g/mol. The number of nitrogens with one attached hydrogen (secondary N) is 3. The number of amides is 4. The molecule has 1 aliphatic heterocycles. The van der Waals surface area contributed by atoms with E-state index in [0.717, 1.165) is 43.2 Å². The number of primary amides is 1. The molecule has 0 unspecified atom stereocenters. The topological polar surface area (TPSA) is 168 Å². The Hall–Kier alpha value is -4.05. The molecular weight excluding hydrogens is 524 g/mol. The Morgan fingerprint density at radius 1 is 0.878 bits per heavy atom. The standard InChI is InChI=1S/C31H36N4O6/c32-27(37)26(36)24(17-19-14-15-33-28(19)38)34-29(39)25(16-18-8-2-1-3-9-18)35-30(40)31(41)22-12-6-4-10-20(22)21-11-5-7-13-23(21)31/h4-7,10-13,18-19,24-25,41H,1-3,8-9,14-17H2,(H2,32,37)(H,33,38)(H,34,39)(H,35,40)/t19-,24+,25-/m1/s1. The van der Waals surface area contributed by atoms with Gasteiger partial charge >= 0.3 is 0 Å². The second-order valence-corrected chi connectivity index (χ2v) is 11.4. The fraction of sp³-hybridized carbons (Fsp3) is 0.452. The molecule has 6 N–H and O–H groups in total. The average Bonchev–Trinajstić information content (AvgIpc) is 3.51. The van der Waals surface area contributed by atoms with Crippen LogP contribution in [-0.4, -0.2) is 53.1 Å². The summed E-state index contributed by atoms with van der Waals surface area (Å²) >= 11 is 0. The molecule has 216 valence electrons. The van der Waals surface area contributed by atoms with Crippen LogP contribution in [0.15, 0.2) is 48.5 Å². The van der Waals surface area contributed by atoms with Crippen molar-refractivity contribution in [2.45, 2.75) is 69.1 Å². The van der Waals surface area contributed by atoms with E-state index in [1.54, 1.807) is 24.3 Å². The zero-order valence-corrected chi connectivity index (χ0v) is 22.9. The van der Waals surface area contributed by atoms with Crippen molar-refractivity contribution in [2.75, 3.05) is 6.54 Å². The smallest absolute Gasteiger partial charge is 0.287 e. The molecule has 2 aromatic rings. The van der Waals surface area contributed by atoms with E-state index in [0.29, 0.717) is 30.5 Å². The number of nitrogens with two attached hydrogens (primary N) is 1. The van der Waals surface area contributed by atoms with Gasteiger partial charge in [-0.2, -0.15) is 0 Å². The molecule has 2 aliphatic carbocycles. The molecule has 0 radical (unpaired) electrons. The van der Waals surface area contributed by atoms with Gasteiger partial charge in [-0.15, -0.1) is 0 Å². The highest BCUT2D eigenvalue weighted by atomic mass is 16.3. The number of benzene rings is 2. The number of carbonyl (C=O) groups excluding carboxylic acids is 5. The van der Waals surface area contributed by atoms with E-state index in [1.807, 2.05) is 24.3 Å². The van der Waals surface area contributed by atoms with Crippen molar-refractivity contribution in [3.8, 4) is 11.1 Å². The first kappa shape index (κ1) is 28.5. The molecule has 10 nitrogen and oxygen atoms in total. The van der Waals surface area contributed by atoms with Crippen molar-refractivity contribution in [1.82, 2.24) is 16.0 Å². The predicted molar refractivity (Wildman–Crippen MR) is 150 cm³/mol. The maximum absolute atomic E-state index is 14.0. The molecule has 3 atom stereocenters. The lowest BCUT2D eigenvalue weighted by Crippen LogP contribution is -2.57. The van der Waals surface area contributed by atoms with Gasteiger partial charge in [0.15, 0.2) is 5.60 Å².